The van der Waals surface area contributed by atoms with Gasteiger partial charge in [0.05, 0.1) is 5.69 Å². The van der Waals surface area contributed by atoms with E-state index in [0.717, 1.165) is 17.7 Å². The highest BCUT2D eigenvalue weighted by Gasteiger charge is 2.36. The van der Waals surface area contributed by atoms with Gasteiger partial charge in [-0.25, -0.2) is 8.42 Å². The highest BCUT2D eigenvalue weighted by Crippen LogP contribution is 2.37. The Morgan fingerprint density at radius 2 is 1.75 bits per heavy atom. The summed E-state index contributed by atoms with van der Waals surface area (Å²) in [6.45, 7) is 1.94. The molecule has 0 radical (unpaired) electrons. The minimum Gasteiger partial charge on any atom is -0.263 e. The van der Waals surface area contributed by atoms with E-state index in [1.54, 1.807) is 18.2 Å². The average molecular weight is 352 g/mol. The summed E-state index contributed by atoms with van der Waals surface area (Å²) < 4.78 is 28.0. The van der Waals surface area contributed by atoms with Crippen LogP contribution in [0.5, 0.6) is 0 Å². The fourth-order valence-electron chi connectivity index (χ4n) is 2.66. The first kappa shape index (κ1) is 13.6. The van der Waals surface area contributed by atoms with E-state index in [9.17, 15) is 8.42 Å². The molecule has 1 aliphatic heterocycles. The molecule has 104 valence electrons. The number of nitrogens with zero attached hydrogens (tertiary/aromatic N) is 1. The second-order valence-electron chi connectivity index (χ2n) is 4.91. The summed E-state index contributed by atoms with van der Waals surface area (Å²) in [7, 11) is -3.55. The Bertz CT molecular complexity index is 758. The van der Waals surface area contributed by atoms with Crippen LogP contribution < -0.4 is 4.31 Å². The van der Waals surface area contributed by atoms with Crippen molar-refractivity contribution in [2.45, 2.75) is 24.3 Å². The lowest BCUT2D eigenvalue weighted by molar-refractivity contribution is 0.583. The monoisotopic (exact) mass is 351 g/mol. The van der Waals surface area contributed by atoms with Crippen LogP contribution in [0.25, 0.3) is 0 Å². The number of anilines is 1. The highest BCUT2D eigenvalue weighted by atomic mass is 79.9. The number of para-hydroxylation sites is 1. The third-order valence-corrected chi connectivity index (χ3v) is 6.46. The van der Waals surface area contributed by atoms with Crippen molar-refractivity contribution in [2.75, 3.05) is 4.31 Å². The normalized spacial score (nSPS) is 18.1. The third-order valence-electron chi connectivity index (χ3n) is 3.52. The topological polar surface area (TPSA) is 37.4 Å². The molecule has 0 saturated carbocycles. The Morgan fingerprint density at radius 3 is 2.50 bits per heavy atom. The van der Waals surface area contributed by atoms with Crippen molar-refractivity contribution in [1.82, 2.24) is 0 Å². The van der Waals surface area contributed by atoms with Gasteiger partial charge in [-0.2, -0.15) is 0 Å². The fraction of sp³-hybridized carbons (Fsp3) is 0.200. The van der Waals surface area contributed by atoms with Crippen molar-refractivity contribution in [2.24, 2.45) is 0 Å². The van der Waals surface area contributed by atoms with Crippen LogP contribution in [0.3, 0.4) is 0 Å². The molecule has 0 aromatic heterocycles. The van der Waals surface area contributed by atoms with Crippen LogP contribution in [0, 0.1) is 0 Å². The van der Waals surface area contributed by atoms with Gasteiger partial charge in [0.2, 0.25) is 0 Å². The van der Waals surface area contributed by atoms with Gasteiger partial charge in [0, 0.05) is 10.5 Å². The standard InChI is InChI=1S/C15H14BrNO2S/c1-11-10-12-6-2-4-8-14(12)17(11)20(18,19)15-9-5-3-7-13(15)16/h2-9,11H,10H2,1H3. The van der Waals surface area contributed by atoms with Crippen LogP contribution in [-0.2, 0) is 16.4 Å². The number of hydrogen-bond acceptors (Lipinski definition) is 2. The first-order chi connectivity index (χ1) is 9.51. The van der Waals surface area contributed by atoms with Crippen LogP contribution in [0.15, 0.2) is 57.9 Å². The number of sulfonamides is 1. The lowest BCUT2D eigenvalue weighted by atomic mass is 10.1. The van der Waals surface area contributed by atoms with Gasteiger partial charge in [-0.1, -0.05) is 30.3 Å². The fourth-order valence-corrected chi connectivity index (χ4v) is 5.32. The predicted molar refractivity (Wildman–Crippen MR) is 83.4 cm³/mol. The van der Waals surface area contributed by atoms with Gasteiger partial charge in [-0.05, 0) is 53.0 Å². The molecule has 0 saturated heterocycles. The molecule has 20 heavy (non-hydrogen) atoms. The van der Waals surface area contributed by atoms with Crippen molar-refractivity contribution < 1.29 is 8.42 Å². The molecule has 0 N–H and O–H groups in total. The van der Waals surface area contributed by atoms with E-state index in [1.807, 2.05) is 37.3 Å². The summed E-state index contributed by atoms with van der Waals surface area (Å²) >= 11 is 3.33. The molecule has 5 heteroatoms. The first-order valence-corrected chi connectivity index (χ1v) is 8.62. The third kappa shape index (κ3) is 2.05. The number of hydrogen-bond donors (Lipinski definition) is 0. The van der Waals surface area contributed by atoms with Crippen LogP contribution in [-0.4, -0.2) is 14.5 Å². The van der Waals surface area contributed by atoms with Crippen molar-refractivity contribution >= 4 is 31.6 Å². The largest absolute Gasteiger partial charge is 0.265 e. The van der Waals surface area contributed by atoms with Gasteiger partial charge in [0.25, 0.3) is 10.0 Å². The van der Waals surface area contributed by atoms with E-state index >= 15 is 0 Å². The predicted octanol–water partition coefficient (Wildman–Crippen LogP) is 3.59. The summed E-state index contributed by atoms with van der Waals surface area (Å²) in [6.07, 6.45) is 0.750. The van der Waals surface area contributed by atoms with E-state index < -0.39 is 10.0 Å². The van der Waals surface area contributed by atoms with Gasteiger partial charge in [-0.15, -0.1) is 0 Å². The Labute approximate surface area is 127 Å². The number of halogens is 1. The zero-order valence-corrected chi connectivity index (χ0v) is 13.4. The summed E-state index contributed by atoms with van der Waals surface area (Å²) in [5.74, 6) is 0. The minimum absolute atomic E-state index is 0.0653. The molecule has 1 unspecified atom stereocenters. The van der Waals surface area contributed by atoms with E-state index in [2.05, 4.69) is 15.9 Å². The molecule has 0 amide bonds. The van der Waals surface area contributed by atoms with Crippen LogP contribution in [0.4, 0.5) is 5.69 Å². The Kier molecular flexibility index (Phi) is 3.34. The highest BCUT2D eigenvalue weighted by molar-refractivity contribution is 9.10. The summed E-state index contributed by atoms with van der Waals surface area (Å²) in [5, 5.41) is 0. The Balaban J connectivity index is 2.16. The average Bonchev–Trinajstić information content (AvgIpc) is 2.75. The van der Waals surface area contributed by atoms with Gasteiger partial charge in [-0.3, -0.25) is 4.31 Å². The van der Waals surface area contributed by atoms with E-state index in [4.69, 9.17) is 0 Å². The lowest BCUT2D eigenvalue weighted by Crippen LogP contribution is -2.35. The molecule has 3 rings (SSSR count). The number of fused-ring (bicyclic) bond motifs is 1. The van der Waals surface area contributed by atoms with Crippen molar-refractivity contribution in [3.63, 3.8) is 0 Å². The summed E-state index contributed by atoms with van der Waals surface area (Å²) in [5.41, 5.74) is 1.87. The van der Waals surface area contributed by atoms with Crippen molar-refractivity contribution in [1.29, 1.82) is 0 Å². The molecule has 1 atom stereocenters. The smallest absolute Gasteiger partial charge is 0.263 e. The van der Waals surface area contributed by atoms with Gasteiger partial charge < -0.3 is 0 Å². The molecule has 0 bridgehead atoms. The summed E-state index contributed by atoms with van der Waals surface area (Å²) in [4.78, 5) is 0.309. The zero-order valence-electron chi connectivity index (χ0n) is 11.0. The molecule has 1 heterocycles. The molecule has 0 fully saturated rings. The Hall–Kier alpha value is -1.33. The van der Waals surface area contributed by atoms with Crippen molar-refractivity contribution in [3.05, 3.63) is 58.6 Å². The van der Waals surface area contributed by atoms with Crippen LogP contribution in [0.1, 0.15) is 12.5 Å². The molecule has 2 aromatic carbocycles. The second-order valence-corrected chi connectivity index (χ2v) is 7.55. The van der Waals surface area contributed by atoms with Crippen LogP contribution in [0.2, 0.25) is 0 Å². The lowest BCUT2D eigenvalue weighted by Gasteiger charge is -2.25. The molecule has 1 aliphatic rings. The molecule has 0 spiro atoms. The van der Waals surface area contributed by atoms with Gasteiger partial charge in [0.15, 0.2) is 0 Å². The summed E-state index contributed by atoms with van der Waals surface area (Å²) in [6, 6.07) is 14.5. The van der Waals surface area contributed by atoms with Gasteiger partial charge in [0.1, 0.15) is 4.90 Å². The van der Waals surface area contributed by atoms with Crippen LogP contribution >= 0.6 is 15.9 Å². The molecule has 2 aromatic rings. The molecule has 3 nitrogen and oxygen atoms in total. The molecular formula is C15H14BrNO2S. The molecule has 0 aliphatic carbocycles. The Morgan fingerprint density at radius 1 is 1.10 bits per heavy atom. The van der Waals surface area contributed by atoms with E-state index in [1.165, 1.54) is 4.31 Å². The maximum Gasteiger partial charge on any atom is 0.265 e. The maximum atomic E-state index is 12.9. The van der Waals surface area contributed by atoms with E-state index in [0.29, 0.717) is 9.37 Å². The number of benzene rings is 2. The minimum atomic E-state index is -3.55. The van der Waals surface area contributed by atoms with Gasteiger partial charge >= 0.3 is 0 Å². The van der Waals surface area contributed by atoms with Crippen molar-refractivity contribution in [3.8, 4) is 0 Å². The quantitative estimate of drug-likeness (QED) is 0.828. The first-order valence-electron chi connectivity index (χ1n) is 6.38. The zero-order chi connectivity index (χ0) is 14.3. The SMILES string of the molecule is CC1Cc2ccccc2N1S(=O)(=O)c1ccccc1Br. The van der Waals surface area contributed by atoms with E-state index in [-0.39, 0.29) is 6.04 Å². The maximum absolute atomic E-state index is 12.9. The second kappa shape index (κ2) is 4.90. The number of rotatable bonds is 2. The molecular weight excluding hydrogens is 338 g/mol.